The van der Waals surface area contributed by atoms with E-state index in [9.17, 15) is 9.59 Å². The van der Waals surface area contributed by atoms with Crippen molar-refractivity contribution in [2.24, 2.45) is 0 Å². The van der Waals surface area contributed by atoms with E-state index in [0.29, 0.717) is 17.3 Å². The van der Waals surface area contributed by atoms with Crippen molar-refractivity contribution in [2.45, 2.75) is 6.54 Å². The minimum atomic E-state index is -0.425. The minimum absolute atomic E-state index is 0.120. The smallest absolute Gasteiger partial charge is 0.272 e. The number of aromatic nitrogens is 2. The molecule has 0 radical (unpaired) electrons. The third-order valence-electron chi connectivity index (χ3n) is 3.66. The molecule has 0 aliphatic heterocycles. The third-order valence-corrected chi connectivity index (χ3v) is 3.98. The largest absolute Gasteiger partial charge is 0.350 e. The van der Waals surface area contributed by atoms with Crippen LogP contribution in [-0.2, 0) is 11.3 Å². The van der Waals surface area contributed by atoms with Gasteiger partial charge in [-0.2, -0.15) is 5.10 Å². The van der Waals surface area contributed by atoms with E-state index in [-0.39, 0.29) is 18.1 Å². The quantitative estimate of drug-likeness (QED) is 0.702. The molecule has 6 nitrogen and oxygen atoms in total. The fourth-order valence-electron chi connectivity index (χ4n) is 2.33. The fourth-order valence-corrected chi connectivity index (χ4v) is 2.55. The highest BCUT2D eigenvalue weighted by atomic mass is 35.5. The molecule has 0 atom stereocenters. The lowest BCUT2D eigenvalue weighted by molar-refractivity contribution is -0.120. The highest BCUT2D eigenvalue weighted by Crippen LogP contribution is 2.18. The summed E-state index contributed by atoms with van der Waals surface area (Å²) in [5, 5.41) is 10.0. The molecule has 1 heterocycles. The molecular formula is C19H17ClN4O2. The van der Waals surface area contributed by atoms with Crippen LogP contribution >= 0.6 is 11.6 Å². The Morgan fingerprint density at radius 1 is 0.962 bits per heavy atom. The first kappa shape index (κ1) is 17.7. The normalized spacial score (nSPS) is 10.3. The number of nitrogens with zero attached hydrogens (tertiary/aromatic N) is 2. The van der Waals surface area contributed by atoms with Gasteiger partial charge >= 0.3 is 0 Å². The molecule has 0 saturated heterocycles. The second-order valence-electron chi connectivity index (χ2n) is 5.54. The monoisotopic (exact) mass is 368 g/mol. The number of hydrogen-bond acceptors (Lipinski definition) is 3. The van der Waals surface area contributed by atoms with Crippen LogP contribution in [0.1, 0.15) is 16.1 Å². The highest BCUT2D eigenvalue weighted by Gasteiger charge is 2.12. The summed E-state index contributed by atoms with van der Waals surface area (Å²) in [7, 11) is 0. The van der Waals surface area contributed by atoms with Gasteiger partial charge in [0.2, 0.25) is 5.91 Å². The van der Waals surface area contributed by atoms with Gasteiger partial charge in [-0.05, 0) is 23.8 Å². The number of benzene rings is 2. The Morgan fingerprint density at radius 3 is 2.46 bits per heavy atom. The lowest BCUT2D eigenvalue weighted by atomic mass is 10.2. The number of rotatable bonds is 6. The summed E-state index contributed by atoms with van der Waals surface area (Å²) in [4.78, 5) is 24.0. The SMILES string of the molecule is O=C(CNC(=O)c1ccn(-c2ccccc2Cl)n1)NCc1ccccc1. The second kappa shape index (κ2) is 8.31. The molecule has 26 heavy (non-hydrogen) atoms. The highest BCUT2D eigenvalue weighted by molar-refractivity contribution is 6.32. The molecule has 0 fully saturated rings. The van der Waals surface area contributed by atoms with E-state index in [1.54, 1.807) is 24.4 Å². The Kier molecular flexibility index (Phi) is 5.66. The molecule has 0 bridgehead atoms. The minimum Gasteiger partial charge on any atom is -0.350 e. The number of amides is 2. The maximum Gasteiger partial charge on any atom is 0.272 e. The average molecular weight is 369 g/mol. The van der Waals surface area contributed by atoms with E-state index in [1.165, 1.54) is 4.68 Å². The molecule has 132 valence electrons. The van der Waals surface area contributed by atoms with Crippen LogP contribution in [0.15, 0.2) is 66.9 Å². The summed E-state index contributed by atoms with van der Waals surface area (Å²) in [6, 6.07) is 18.3. The van der Waals surface area contributed by atoms with Crippen molar-refractivity contribution < 1.29 is 9.59 Å². The van der Waals surface area contributed by atoms with Crippen LogP contribution < -0.4 is 10.6 Å². The lowest BCUT2D eigenvalue weighted by Crippen LogP contribution is -2.36. The van der Waals surface area contributed by atoms with Crippen molar-refractivity contribution in [3.63, 3.8) is 0 Å². The van der Waals surface area contributed by atoms with Crippen LogP contribution in [0.2, 0.25) is 5.02 Å². The summed E-state index contributed by atoms with van der Waals surface area (Å²) in [5.74, 6) is -0.696. The van der Waals surface area contributed by atoms with Crippen LogP contribution in [0.5, 0.6) is 0 Å². The van der Waals surface area contributed by atoms with E-state index in [0.717, 1.165) is 5.56 Å². The van der Waals surface area contributed by atoms with Gasteiger partial charge in [0, 0.05) is 12.7 Å². The fraction of sp³-hybridized carbons (Fsp3) is 0.105. The first-order chi connectivity index (χ1) is 12.6. The predicted octanol–water partition coefficient (Wildman–Crippen LogP) is 2.57. The van der Waals surface area contributed by atoms with Gasteiger partial charge in [0.25, 0.3) is 5.91 Å². The summed E-state index contributed by atoms with van der Waals surface area (Å²) in [6.07, 6.45) is 1.64. The van der Waals surface area contributed by atoms with Crippen molar-refractivity contribution in [3.8, 4) is 5.69 Å². The molecule has 0 aliphatic rings. The molecule has 7 heteroatoms. The van der Waals surface area contributed by atoms with Crippen LogP contribution in [-0.4, -0.2) is 28.1 Å². The number of para-hydroxylation sites is 1. The number of carbonyl (C=O) groups is 2. The van der Waals surface area contributed by atoms with Crippen molar-refractivity contribution in [2.75, 3.05) is 6.54 Å². The number of hydrogen-bond donors (Lipinski definition) is 2. The molecule has 2 amide bonds. The molecule has 0 aliphatic carbocycles. The summed E-state index contributed by atoms with van der Waals surface area (Å²) in [6.45, 7) is 0.293. The van der Waals surface area contributed by atoms with Gasteiger partial charge in [0.15, 0.2) is 5.69 Å². The first-order valence-electron chi connectivity index (χ1n) is 8.03. The van der Waals surface area contributed by atoms with Gasteiger partial charge in [-0.15, -0.1) is 0 Å². The van der Waals surface area contributed by atoms with Crippen molar-refractivity contribution in [1.82, 2.24) is 20.4 Å². The van der Waals surface area contributed by atoms with E-state index in [1.807, 2.05) is 42.5 Å². The van der Waals surface area contributed by atoms with Crippen LogP contribution in [0.25, 0.3) is 5.69 Å². The summed E-state index contributed by atoms with van der Waals surface area (Å²) >= 11 is 6.12. The Hall–Kier alpha value is -3.12. The van der Waals surface area contributed by atoms with E-state index < -0.39 is 5.91 Å². The topological polar surface area (TPSA) is 76.0 Å². The average Bonchev–Trinajstić information content (AvgIpc) is 3.15. The van der Waals surface area contributed by atoms with Gasteiger partial charge in [-0.1, -0.05) is 54.1 Å². The maximum absolute atomic E-state index is 12.2. The molecule has 2 N–H and O–H groups in total. The van der Waals surface area contributed by atoms with E-state index >= 15 is 0 Å². The van der Waals surface area contributed by atoms with Crippen LogP contribution in [0.4, 0.5) is 0 Å². The summed E-state index contributed by atoms with van der Waals surface area (Å²) in [5.41, 5.74) is 1.88. The lowest BCUT2D eigenvalue weighted by Gasteiger charge is -2.06. The molecule has 1 aromatic heterocycles. The second-order valence-corrected chi connectivity index (χ2v) is 5.95. The van der Waals surface area contributed by atoms with Gasteiger partial charge in [-0.3, -0.25) is 9.59 Å². The molecule has 2 aromatic carbocycles. The molecule has 3 aromatic rings. The number of halogens is 1. The molecule has 0 saturated carbocycles. The maximum atomic E-state index is 12.2. The van der Waals surface area contributed by atoms with Crippen LogP contribution in [0, 0.1) is 0 Å². The molecule has 0 unspecified atom stereocenters. The van der Waals surface area contributed by atoms with Crippen molar-refractivity contribution >= 4 is 23.4 Å². The predicted molar refractivity (Wildman–Crippen MR) is 99.2 cm³/mol. The molecule has 0 spiro atoms. The van der Waals surface area contributed by atoms with Crippen LogP contribution in [0.3, 0.4) is 0 Å². The first-order valence-corrected chi connectivity index (χ1v) is 8.40. The molecule has 3 rings (SSSR count). The number of carbonyl (C=O) groups excluding carboxylic acids is 2. The Balaban J connectivity index is 1.52. The zero-order valence-electron chi connectivity index (χ0n) is 13.9. The van der Waals surface area contributed by atoms with Gasteiger partial charge in [-0.25, -0.2) is 4.68 Å². The van der Waals surface area contributed by atoms with E-state index in [2.05, 4.69) is 15.7 Å². The zero-order chi connectivity index (χ0) is 18.4. The van der Waals surface area contributed by atoms with E-state index in [4.69, 9.17) is 11.6 Å². The van der Waals surface area contributed by atoms with Gasteiger partial charge in [0.05, 0.1) is 17.3 Å². The van der Waals surface area contributed by atoms with Crippen molar-refractivity contribution in [3.05, 3.63) is 83.1 Å². The zero-order valence-corrected chi connectivity index (χ0v) is 14.6. The Labute approximate surface area is 155 Å². The summed E-state index contributed by atoms with van der Waals surface area (Å²) < 4.78 is 1.52. The van der Waals surface area contributed by atoms with Crippen molar-refractivity contribution in [1.29, 1.82) is 0 Å². The third kappa shape index (κ3) is 4.49. The van der Waals surface area contributed by atoms with Gasteiger partial charge < -0.3 is 10.6 Å². The Bertz CT molecular complexity index is 909. The Morgan fingerprint density at radius 2 is 1.69 bits per heavy atom. The van der Waals surface area contributed by atoms with Gasteiger partial charge in [0.1, 0.15) is 0 Å². The molecular weight excluding hydrogens is 352 g/mol. The number of nitrogens with one attached hydrogen (secondary N) is 2. The standard InChI is InChI=1S/C19H17ClN4O2/c20-15-8-4-5-9-17(15)24-11-10-16(23-24)19(26)22-13-18(25)21-12-14-6-2-1-3-7-14/h1-11H,12-13H2,(H,21,25)(H,22,26).